The highest BCUT2D eigenvalue weighted by Gasteiger charge is 2.08. The first-order valence-electron chi connectivity index (χ1n) is 5.65. The van der Waals surface area contributed by atoms with Crippen LogP contribution in [0.25, 0.3) is 12.2 Å². The Morgan fingerprint density at radius 2 is 1.50 bits per heavy atom. The van der Waals surface area contributed by atoms with Crippen molar-refractivity contribution in [3.8, 4) is 0 Å². The van der Waals surface area contributed by atoms with Gasteiger partial charge < -0.3 is 0 Å². The predicted octanol–water partition coefficient (Wildman–Crippen LogP) is 4.07. The number of hydrogen-bond acceptors (Lipinski definition) is 2. The average Bonchev–Trinajstić information content (AvgIpc) is 2.38. The molecule has 0 radical (unpaired) electrons. The van der Waals surface area contributed by atoms with E-state index in [9.17, 15) is 10.1 Å². The Bertz CT molecular complexity index is 603. The van der Waals surface area contributed by atoms with Gasteiger partial charge in [-0.2, -0.15) is 0 Å². The molecule has 0 saturated heterocycles. The molecule has 2 aromatic carbocycles. The highest BCUT2D eigenvalue weighted by molar-refractivity contribution is 5.74. The van der Waals surface area contributed by atoms with Gasteiger partial charge in [-0.05, 0) is 30.2 Å². The standard InChI is InChI=1S/C15H13NO2/c1-12-6-2-3-7-13(12)10-11-14-8-4-5-9-15(14)16(17)18/h2-11H,1H3/b11-10+. The molecule has 0 fully saturated rings. The summed E-state index contributed by atoms with van der Waals surface area (Å²) in [5.74, 6) is 0. The third-order valence-electron chi connectivity index (χ3n) is 2.76. The Labute approximate surface area is 106 Å². The van der Waals surface area contributed by atoms with E-state index in [-0.39, 0.29) is 10.6 Å². The van der Waals surface area contributed by atoms with Crippen LogP contribution in [0.2, 0.25) is 0 Å². The van der Waals surface area contributed by atoms with E-state index in [0.717, 1.165) is 11.1 Å². The lowest BCUT2D eigenvalue weighted by atomic mass is 10.1. The second kappa shape index (κ2) is 5.27. The van der Waals surface area contributed by atoms with Crippen LogP contribution in [0.1, 0.15) is 16.7 Å². The molecule has 0 bridgehead atoms. The fourth-order valence-corrected chi connectivity index (χ4v) is 1.75. The number of nitrogens with zero attached hydrogens (tertiary/aromatic N) is 1. The summed E-state index contributed by atoms with van der Waals surface area (Å²) < 4.78 is 0. The van der Waals surface area contributed by atoms with E-state index in [1.54, 1.807) is 24.3 Å². The number of aryl methyl sites for hydroxylation is 1. The first-order valence-corrected chi connectivity index (χ1v) is 5.65. The molecule has 2 rings (SSSR count). The van der Waals surface area contributed by atoms with Crippen molar-refractivity contribution in [3.05, 3.63) is 75.3 Å². The molecule has 0 spiro atoms. The molecule has 0 aliphatic rings. The number of nitro benzene ring substituents is 1. The summed E-state index contributed by atoms with van der Waals surface area (Å²) in [7, 11) is 0. The summed E-state index contributed by atoms with van der Waals surface area (Å²) >= 11 is 0. The Hall–Kier alpha value is -2.42. The van der Waals surface area contributed by atoms with Crippen molar-refractivity contribution in [2.24, 2.45) is 0 Å². The molecule has 0 aromatic heterocycles. The van der Waals surface area contributed by atoms with Crippen molar-refractivity contribution < 1.29 is 4.92 Å². The van der Waals surface area contributed by atoms with Crippen LogP contribution in [0.3, 0.4) is 0 Å². The maximum absolute atomic E-state index is 10.9. The van der Waals surface area contributed by atoms with Crippen LogP contribution in [0.15, 0.2) is 48.5 Å². The summed E-state index contributed by atoms with van der Waals surface area (Å²) in [6, 6.07) is 14.6. The molecule has 0 unspecified atom stereocenters. The minimum Gasteiger partial charge on any atom is -0.258 e. The van der Waals surface area contributed by atoms with Gasteiger partial charge in [0.2, 0.25) is 0 Å². The van der Waals surface area contributed by atoms with E-state index in [1.807, 2.05) is 37.3 Å². The smallest absolute Gasteiger partial charge is 0.258 e. The quantitative estimate of drug-likeness (QED) is 0.460. The Balaban J connectivity index is 2.35. The van der Waals surface area contributed by atoms with Gasteiger partial charge in [0, 0.05) is 6.07 Å². The van der Waals surface area contributed by atoms with Crippen LogP contribution in [-0.2, 0) is 0 Å². The van der Waals surface area contributed by atoms with Crippen LogP contribution in [0.5, 0.6) is 0 Å². The highest BCUT2D eigenvalue weighted by Crippen LogP contribution is 2.20. The SMILES string of the molecule is Cc1ccccc1/C=C/c1ccccc1[N+](=O)[O-]. The maximum atomic E-state index is 10.9. The Kier molecular flexibility index (Phi) is 3.53. The number of nitro groups is 1. The summed E-state index contributed by atoms with van der Waals surface area (Å²) in [6.07, 6.45) is 3.68. The molecule has 0 aliphatic heterocycles. The van der Waals surface area contributed by atoms with Crippen molar-refractivity contribution in [2.45, 2.75) is 6.92 Å². The highest BCUT2D eigenvalue weighted by atomic mass is 16.6. The van der Waals surface area contributed by atoms with E-state index in [2.05, 4.69) is 0 Å². The van der Waals surface area contributed by atoms with Crippen LogP contribution in [-0.4, -0.2) is 4.92 Å². The molecular formula is C15H13NO2. The molecule has 18 heavy (non-hydrogen) atoms. The number of benzene rings is 2. The van der Waals surface area contributed by atoms with E-state index in [1.165, 1.54) is 6.07 Å². The monoisotopic (exact) mass is 239 g/mol. The van der Waals surface area contributed by atoms with Gasteiger partial charge in [0.25, 0.3) is 5.69 Å². The summed E-state index contributed by atoms with van der Waals surface area (Å²) in [5.41, 5.74) is 2.95. The number of rotatable bonds is 3. The van der Waals surface area contributed by atoms with Crippen LogP contribution < -0.4 is 0 Å². The van der Waals surface area contributed by atoms with E-state index in [0.29, 0.717) is 5.56 Å². The molecule has 0 heterocycles. The zero-order valence-electron chi connectivity index (χ0n) is 10.0. The van der Waals surface area contributed by atoms with Gasteiger partial charge in [-0.15, -0.1) is 0 Å². The third-order valence-corrected chi connectivity index (χ3v) is 2.76. The molecular weight excluding hydrogens is 226 g/mol. The van der Waals surface area contributed by atoms with Crippen molar-refractivity contribution in [1.29, 1.82) is 0 Å². The van der Waals surface area contributed by atoms with E-state index >= 15 is 0 Å². The largest absolute Gasteiger partial charge is 0.276 e. The van der Waals surface area contributed by atoms with Gasteiger partial charge in [0.1, 0.15) is 0 Å². The lowest BCUT2D eigenvalue weighted by Gasteiger charge is -1.99. The minimum atomic E-state index is -0.364. The average molecular weight is 239 g/mol. The molecule has 0 saturated carbocycles. The number of para-hydroxylation sites is 1. The zero-order valence-corrected chi connectivity index (χ0v) is 10.0. The number of hydrogen-bond donors (Lipinski definition) is 0. The van der Waals surface area contributed by atoms with Crippen molar-refractivity contribution in [1.82, 2.24) is 0 Å². The van der Waals surface area contributed by atoms with Gasteiger partial charge >= 0.3 is 0 Å². The first-order chi connectivity index (χ1) is 8.68. The lowest BCUT2D eigenvalue weighted by molar-refractivity contribution is -0.385. The lowest BCUT2D eigenvalue weighted by Crippen LogP contribution is -1.90. The van der Waals surface area contributed by atoms with Gasteiger partial charge in [-0.25, -0.2) is 0 Å². The maximum Gasteiger partial charge on any atom is 0.276 e. The predicted molar refractivity (Wildman–Crippen MR) is 73.2 cm³/mol. The van der Waals surface area contributed by atoms with Crippen molar-refractivity contribution >= 4 is 17.8 Å². The molecule has 2 aromatic rings. The zero-order chi connectivity index (χ0) is 13.0. The molecule has 3 nitrogen and oxygen atoms in total. The van der Waals surface area contributed by atoms with Crippen LogP contribution >= 0.6 is 0 Å². The fraction of sp³-hybridized carbons (Fsp3) is 0.0667. The van der Waals surface area contributed by atoms with Gasteiger partial charge in [-0.1, -0.05) is 42.5 Å². The molecule has 0 amide bonds. The Morgan fingerprint density at radius 1 is 0.944 bits per heavy atom. The van der Waals surface area contributed by atoms with Crippen LogP contribution in [0, 0.1) is 17.0 Å². The van der Waals surface area contributed by atoms with E-state index in [4.69, 9.17) is 0 Å². The topological polar surface area (TPSA) is 43.1 Å². The van der Waals surface area contributed by atoms with Gasteiger partial charge in [0.15, 0.2) is 0 Å². The minimum absolute atomic E-state index is 0.127. The van der Waals surface area contributed by atoms with Gasteiger partial charge in [-0.3, -0.25) is 10.1 Å². The molecule has 90 valence electrons. The van der Waals surface area contributed by atoms with Crippen LogP contribution in [0.4, 0.5) is 5.69 Å². The molecule has 0 aliphatic carbocycles. The first kappa shape index (κ1) is 12.0. The normalized spacial score (nSPS) is 10.7. The summed E-state index contributed by atoms with van der Waals surface area (Å²) in [6.45, 7) is 2.01. The van der Waals surface area contributed by atoms with Gasteiger partial charge in [0.05, 0.1) is 10.5 Å². The summed E-state index contributed by atoms with van der Waals surface area (Å²) in [5, 5.41) is 10.9. The molecule has 0 N–H and O–H groups in total. The second-order valence-electron chi connectivity index (χ2n) is 4.01. The Morgan fingerprint density at radius 3 is 2.17 bits per heavy atom. The summed E-state index contributed by atoms with van der Waals surface area (Å²) in [4.78, 5) is 10.5. The third kappa shape index (κ3) is 2.63. The second-order valence-corrected chi connectivity index (χ2v) is 4.01. The molecule has 3 heteroatoms. The van der Waals surface area contributed by atoms with Crippen molar-refractivity contribution in [2.75, 3.05) is 0 Å². The van der Waals surface area contributed by atoms with E-state index < -0.39 is 0 Å². The fourth-order valence-electron chi connectivity index (χ4n) is 1.75. The van der Waals surface area contributed by atoms with Crippen molar-refractivity contribution in [3.63, 3.8) is 0 Å². The molecule has 0 atom stereocenters.